The standard InChI is InChI=1S/C9H13Cl2NO2S/c10-9(11)3-6(9)7(13)12-4-8(14)1-2-15-5-8/h6,14H,1-5H2,(H,12,13)/t6-,8-/m0/s1. The predicted molar refractivity (Wildman–Crippen MR) is 62.4 cm³/mol. The van der Waals surface area contributed by atoms with E-state index in [1.807, 2.05) is 0 Å². The summed E-state index contributed by atoms with van der Waals surface area (Å²) < 4.78 is -0.878. The molecule has 2 N–H and O–H groups in total. The second-order valence-electron chi connectivity index (χ2n) is 4.26. The third kappa shape index (κ3) is 2.73. The number of halogens is 2. The predicted octanol–water partition coefficient (Wildman–Crippen LogP) is 1.16. The number of hydrogen-bond donors (Lipinski definition) is 2. The number of alkyl halides is 2. The lowest BCUT2D eigenvalue weighted by Gasteiger charge is -2.21. The Labute approximate surface area is 103 Å². The van der Waals surface area contributed by atoms with Crippen molar-refractivity contribution in [1.82, 2.24) is 5.32 Å². The molecule has 0 aromatic carbocycles. The van der Waals surface area contributed by atoms with Crippen molar-refractivity contribution in [3.63, 3.8) is 0 Å². The van der Waals surface area contributed by atoms with Gasteiger partial charge in [-0.3, -0.25) is 4.79 Å². The summed E-state index contributed by atoms with van der Waals surface area (Å²) in [6.45, 7) is 0.305. The second-order valence-corrected chi connectivity index (χ2v) is 6.91. The van der Waals surface area contributed by atoms with E-state index >= 15 is 0 Å². The molecule has 1 aliphatic heterocycles. The summed E-state index contributed by atoms with van der Waals surface area (Å²) in [5.41, 5.74) is -0.740. The first-order valence-electron chi connectivity index (χ1n) is 4.89. The van der Waals surface area contributed by atoms with Gasteiger partial charge in [-0.05, 0) is 18.6 Å². The van der Waals surface area contributed by atoms with Crippen molar-refractivity contribution >= 4 is 40.9 Å². The van der Waals surface area contributed by atoms with Gasteiger partial charge in [-0.25, -0.2) is 0 Å². The van der Waals surface area contributed by atoms with Gasteiger partial charge in [0.15, 0.2) is 0 Å². The lowest BCUT2D eigenvalue weighted by molar-refractivity contribution is -0.123. The van der Waals surface area contributed by atoms with Crippen molar-refractivity contribution in [3.8, 4) is 0 Å². The van der Waals surface area contributed by atoms with Crippen LogP contribution < -0.4 is 5.32 Å². The number of hydrogen-bond acceptors (Lipinski definition) is 3. The van der Waals surface area contributed by atoms with E-state index in [2.05, 4.69) is 5.32 Å². The summed E-state index contributed by atoms with van der Waals surface area (Å²) in [7, 11) is 0. The maximum Gasteiger partial charge on any atom is 0.226 e. The molecular formula is C9H13Cl2NO2S. The van der Waals surface area contributed by atoms with Crippen molar-refractivity contribution in [2.24, 2.45) is 5.92 Å². The van der Waals surface area contributed by atoms with Crippen LogP contribution in [0.2, 0.25) is 0 Å². The van der Waals surface area contributed by atoms with Gasteiger partial charge < -0.3 is 10.4 Å². The monoisotopic (exact) mass is 269 g/mol. The van der Waals surface area contributed by atoms with E-state index in [0.29, 0.717) is 18.7 Å². The number of thioether (sulfide) groups is 1. The zero-order valence-corrected chi connectivity index (χ0v) is 10.5. The van der Waals surface area contributed by atoms with Crippen LogP contribution in [0, 0.1) is 5.92 Å². The molecule has 0 unspecified atom stereocenters. The summed E-state index contributed by atoms with van der Waals surface area (Å²) in [6, 6.07) is 0. The molecule has 86 valence electrons. The highest BCUT2D eigenvalue weighted by atomic mass is 35.5. The summed E-state index contributed by atoms with van der Waals surface area (Å²) in [6.07, 6.45) is 1.24. The van der Waals surface area contributed by atoms with Crippen molar-refractivity contribution in [3.05, 3.63) is 0 Å². The molecule has 1 saturated carbocycles. The van der Waals surface area contributed by atoms with Crippen molar-refractivity contribution in [2.75, 3.05) is 18.1 Å². The Bertz CT molecular complexity index is 279. The maximum atomic E-state index is 11.5. The lowest BCUT2D eigenvalue weighted by atomic mass is 10.0. The zero-order valence-electron chi connectivity index (χ0n) is 8.13. The molecule has 3 nitrogen and oxygen atoms in total. The van der Waals surface area contributed by atoms with E-state index in [1.165, 1.54) is 0 Å². The Morgan fingerprint density at radius 1 is 1.60 bits per heavy atom. The van der Waals surface area contributed by atoms with E-state index < -0.39 is 9.93 Å². The summed E-state index contributed by atoms with van der Waals surface area (Å²) in [5, 5.41) is 12.7. The normalized spacial score (nSPS) is 37.7. The number of carbonyl (C=O) groups excluding carboxylic acids is 1. The quantitative estimate of drug-likeness (QED) is 0.757. The zero-order chi connectivity index (χ0) is 11.1. The van der Waals surface area contributed by atoms with Gasteiger partial charge in [0.2, 0.25) is 5.91 Å². The summed E-state index contributed by atoms with van der Waals surface area (Å²) in [5.74, 6) is 1.18. The van der Waals surface area contributed by atoms with Crippen molar-refractivity contribution in [1.29, 1.82) is 0 Å². The third-order valence-electron chi connectivity index (χ3n) is 2.82. The Kier molecular flexibility index (Phi) is 3.14. The first-order chi connectivity index (χ1) is 6.93. The van der Waals surface area contributed by atoms with Gasteiger partial charge in [0.1, 0.15) is 4.33 Å². The van der Waals surface area contributed by atoms with Crippen LogP contribution in [-0.4, -0.2) is 39.0 Å². The van der Waals surface area contributed by atoms with Gasteiger partial charge in [-0.1, -0.05) is 0 Å². The van der Waals surface area contributed by atoms with Crippen LogP contribution >= 0.6 is 35.0 Å². The Balaban J connectivity index is 1.76. The number of aliphatic hydroxyl groups is 1. The van der Waals surface area contributed by atoms with Gasteiger partial charge in [0, 0.05) is 12.3 Å². The molecule has 0 radical (unpaired) electrons. The van der Waals surface area contributed by atoms with Crippen LogP contribution in [0.1, 0.15) is 12.8 Å². The first kappa shape index (κ1) is 11.8. The van der Waals surface area contributed by atoms with Gasteiger partial charge >= 0.3 is 0 Å². The molecule has 15 heavy (non-hydrogen) atoms. The highest BCUT2D eigenvalue weighted by molar-refractivity contribution is 7.99. The van der Waals surface area contributed by atoms with E-state index in [1.54, 1.807) is 11.8 Å². The highest BCUT2D eigenvalue weighted by Gasteiger charge is 2.56. The Morgan fingerprint density at radius 2 is 2.27 bits per heavy atom. The molecule has 0 aromatic heterocycles. The first-order valence-corrected chi connectivity index (χ1v) is 6.80. The molecular weight excluding hydrogens is 257 g/mol. The van der Waals surface area contributed by atoms with Crippen molar-refractivity contribution in [2.45, 2.75) is 22.8 Å². The fourth-order valence-corrected chi connectivity index (χ4v) is 3.41. The number of amides is 1. The molecule has 1 aliphatic carbocycles. The smallest absolute Gasteiger partial charge is 0.226 e. The molecule has 2 fully saturated rings. The topological polar surface area (TPSA) is 49.3 Å². The van der Waals surface area contributed by atoms with Crippen LogP contribution in [0.15, 0.2) is 0 Å². The van der Waals surface area contributed by atoms with Crippen LogP contribution in [0.25, 0.3) is 0 Å². The number of rotatable bonds is 3. The molecule has 0 spiro atoms. The molecule has 1 heterocycles. The average Bonchev–Trinajstić information content (AvgIpc) is 2.60. The van der Waals surface area contributed by atoms with Crippen LogP contribution in [0.5, 0.6) is 0 Å². The molecule has 2 atom stereocenters. The van der Waals surface area contributed by atoms with Gasteiger partial charge in [-0.2, -0.15) is 11.8 Å². The molecule has 0 aromatic rings. The third-order valence-corrected chi connectivity index (χ3v) is 4.89. The van der Waals surface area contributed by atoms with Crippen LogP contribution in [0.3, 0.4) is 0 Å². The molecule has 1 amide bonds. The second kappa shape index (κ2) is 3.99. The Morgan fingerprint density at radius 3 is 2.73 bits per heavy atom. The number of nitrogens with one attached hydrogen (secondary N) is 1. The van der Waals surface area contributed by atoms with E-state index in [-0.39, 0.29) is 11.8 Å². The van der Waals surface area contributed by atoms with Gasteiger partial charge in [0.25, 0.3) is 0 Å². The highest BCUT2D eigenvalue weighted by Crippen LogP contribution is 2.53. The maximum absolute atomic E-state index is 11.5. The molecule has 6 heteroatoms. The van der Waals surface area contributed by atoms with E-state index in [0.717, 1.165) is 12.2 Å². The van der Waals surface area contributed by atoms with Gasteiger partial charge in [-0.15, -0.1) is 23.2 Å². The molecule has 1 saturated heterocycles. The van der Waals surface area contributed by atoms with Gasteiger partial charge in [0.05, 0.1) is 11.5 Å². The molecule has 2 aliphatic rings. The van der Waals surface area contributed by atoms with Crippen LogP contribution in [-0.2, 0) is 4.79 Å². The minimum atomic E-state index is -0.878. The average molecular weight is 270 g/mol. The summed E-state index contributed by atoms with van der Waals surface area (Å²) >= 11 is 13.2. The van der Waals surface area contributed by atoms with Crippen LogP contribution in [0.4, 0.5) is 0 Å². The fraction of sp³-hybridized carbons (Fsp3) is 0.889. The largest absolute Gasteiger partial charge is 0.387 e. The summed E-state index contributed by atoms with van der Waals surface area (Å²) in [4.78, 5) is 11.5. The minimum Gasteiger partial charge on any atom is -0.387 e. The number of carbonyl (C=O) groups is 1. The fourth-order valence-electron chi connectivity index (χ4n) is 1.61. The molecule has 0 bridgehead atoms. The molecule has 2 rings (SSSR count). The van der Waals surface area contributed by atoms with E-state index in [4.69, 9.17) is 23.2 Å². The lowest BCUT2D eigenvalue weighted by Crippen LogP contribution is -2.43. The minimum absolute atomic E-state index is 0.148. The SMILES string of the molecule is O=C(NC[C@@]1(O)CCSC1)[C@@H]1CC1(Cl)Cl. The Hall–Kier alpha value is 0.360. The van der Waals surface area contributed by atoms with E-state index in [9.17, 15) is 9.90 Å². The van der Waals surface area contributed by atoms with Crippen molar-refractivity contribution < 1.29 is 9.90 Å².